The monoisotopic (exact) mass is 479 g/mol. The molecule has 0 fully saturated rings. The number of fused-ring (bicyclic) bond motifs is 1. The van der Waals surface area contributed by atoms with E-state index < -0.39 is 29.6 Å². The molecule has 0 saturated heterocycles. The number of rotatable bonds is 5. The molecule has 0 spiro atoms. The third-order valence-corrected chi connectivity index (χ3v) is 6.67. The first kappa shape index (κ1) is 24.4. The first-order valence-electron chi connectivity index (χ1n) is 11.7. The Labute approximate surface area is 203 Å². The van der Waals surface area contributed by atoms with Gasteiger partial charge in [-0.1, -0.05) is 25.5 Å². The number of carbonyl (C=O) groups is 3. The van der Waals surface area contributed by atoms with Crippen LogP contribution >= 0.6 is 0 Å². The summed E-state index contributed by atoms with van der Waals surface area (Å²) < 4.78 is 16.1. The average molecular weight is 480 g/mol. The lowest BCUT2D eigenvalue weighted by Crippen LogP contribution is -2.44. The molecule has 2 aliphatic rings. The van der Waals surface area contributed by atoms with Gasteiger partial charge in [-0.2, -0.15) is 0 Å². The van der Waals surface area contributed by atoms with Crippen molar-refractivity contribution in [2.24, 2.45) is 11.8 Å². The van der Waals surface area contributed by atoms with Crippen LogP contribution < -0.4 is 10.7 Å². The zero-order valence-corrected chi connectivity index (χ0v) is 20.5. The number of benzene rings is 1. The molecule has 1 aromatic carbocycles. The molecule has 8 nitrogen and oxygen atoms in total. The number of allylic oxidation sites excluding steroid dienone is 3. The van der Waals surface area contributed by atoms with E-state index in [-0.39, 0.29) is 34.7 Å². The number of aryl methyl sites for hydroxylation is 1. The Morgan fingerprint density at radius 3 is 2.63 bits per heavy atom. The maximum absolute atomic E-state index is 13.8. The summed E-state index contributed by atoms with van der Waals surface area (Å²) in [6.07, 6.45) is 2.30. The van der Waals surface area contributed by atoms with Gasteiger partial charge in [0.2, 0.25) is 0 Å². The number of ether oxygens (including phenoxy) is 2. The molecule has 2 aromatic rings. The zero-order valence-electron chi connectivity index (χ0n) is 20.5. The molecule has 0 unspecified atom stereocenters. The number of Topliss-reactive ketones (excluding diaryl/α,β-unsaturated/α-hetero) is 1. The molecule has 1 aliphatic carbocycles. The first-order valence-corrected chi connectivity index (χ1v) is 11.7. The van der Waals surface area contributed by atoms with Crippen molar-refractivity contribution in [3.05, 3.63) is 68.4 Å². The fourth-order valence-electron chi connectivity index (χ4n) is 4.99. The summed E-state index contributed by atoms with van der Waals surface area (Å²) in [7, 11) is 1.24. The smallest absolute Gasteiger partial charge is 0.336 e. The van der Waals surface area contributed by atoms with Crippen molar-refractivity contribution in [3.8, 4) is 0 Å². The summed E-state index contributed by atoms with van der Waals surface area (Å²) in [5, 5.41) is 3.53. The number of methoxy groups -OCH3 is 1. The van der Waals surface area contributed by atoms with Crippen LogP contribution in [0.15, 0.2) is 56.2 Å². The Bertz CT molecular complexity index is 1350. The van der Waals surface area contributed by atoms with Crippen molar-refractivity contribution in [1.29, 1.82) is 0 Å². The van der Waals surface area contributed by atoms with Crippen molar-refractivity contribution in [2.45, 2.75) is 46.5 Å². The Morgan fingerprint density at radius 2 is 1.94 bits per heavy atom. The van der Waals surface area contributed by atoms with E-state index in [2.05, 4.69) is 5.32 Å². The molecule has 1 aromatic heterocycles. The molecule has 0 bridgehead atoms. The van der Waals surface area contributed by atoms with Crippen LogP contribution in [0.1, 0.15) is 50.7 Å². The van der Waals surface area contributed by atoms with Gasteiger partial charge in [-0.15, -0.1) is 0 Å². The highest BCUT2D eigenvalue weighted by molar-refractivity contribution is 6.12. The lowest BCUT2D eigenvalue weighted by Gasteiger charge is -2.37. The first-order chi connectivity index (χ1) is 16.7. The molecule has 0 amide bonds. The van der Waals surface area contributed by atoms with E-state index in [1.807, 2.05) is 19.9 Å². The van der Waals surface area contributed by atoms with Crippen LogP contribution in [0.5, 0.6) is 0 Å². The van der Waals surface area contributed by atoms with Crippen LogP contribution in [-0.2, 0) is 23.9 Å². The number of hydrogen-bond donors (Lipinski definition) is 1. The molecule has 2 heterocycles. The fraction of sp³-hybridized carbons (Fsp3) is 0.407. The normalized spacial score (nSPS) is 22.1. The molecular weight excluding hydrogens is 450 g/mol. The van der Waals surface area contributed by atoms with Gasteiger partial charge in [0.25, 0.3) is 0 Å². The lowest BCUT2D eigenvalue weighted by molar-refractivity contribution is -0.151. The highest BCUT2D eigenvalue weighted by Crippen LogP contribution is 2.45. The molecule has 3 atom stereocenters. The summed E-state index contributed by atoms with van der Waals surface area (Å²) in [6.45, 7) is 7.45. The van der Waals surface area contributed by atoms with E-state index in [9.17, 15) is 19.2 Å². The van der Waals surface area contributed by atoms with Crippen LogP contribution in [0.4, 0.5) is 0 Å². The molecule has 35 heavy (non-hydrogen) atoms. The number of ketones is 1. The number of hydrogen-bond acceptors (Lipinski definition) is 8. The minimum atomic E-state index is -1.04. The fourth-order valence-corrected chi connectivity index (χ4v) is 4.99. The minimum Gasteiger partial charge on any atom is -0.468 e. The number of dihydropyridines is 1. The standard InChI is InChI=1S/C27H29NO7/c1-6-9-34-27(32)21-15(4)28-18-11-14(3)20(26(31)33-5)25(30)23(18)22(21)17-12-35-19-8-7-13(2)10-16(19)24(17)29/h7-8,10,12,14,20,22,28H,6,9,11H2,1-5H3/t14-,20-,22+/m1/s1. The van der Waals surface area contributed by atoms with Gasteiger partial charge < -0.3 is 19.2 Å². The summed E-state index contributed by atoms with van der Waals surface area (Å²) >= 11 is 0. The van der Waals surface area contributed by atoms with Gasteiger partial charge in [0, 0.05) is 22.5 Å². The van der Waals surface area contributed by atoms with Crippen LogP contribution in [0.25, 0.3) is 11.0 Å². The summed E-state index contributed by atoms with van der Waals surface area (Å²) in [5.74, 6) is -4.14. The maximum atomic E-state index is 13.8. The Kier molecular flexibility index (Phi) is 6.65. The molecule has 0 saturated carbocycles. The van der Waals surface area contributed by atoms with Gasteiger partial charge in [-0.25, -0.2) is 4.79 Å². The van der Waals surface area contributed by atoms with Crippen LogP contribution in [-0.4, -0.2) is 31.4 Å². The summed E-state index contributed by atoms with van der Waals surface area (Å²) in [5.41, 5.74) is 2.51. The van der Waals surface area contributed by atoms with Crippen LogP contribution in [0.3, 0.4) is 0 Å². The van der Waals surface area contributed by atoms with E-state index in [1.165, 1.54) is 13.4 Å². The van der Waals surface area contributed by atoms with Gasteiger partial charge >= 0.3 is 11.9 Å². The van der Waals surface area contributed by atoms with E-state index in [0.717, 1.165) is 5.56 Å². The number of esters is 2. The molecule has 184 valence electrons. The third-order valence-electron chi connectivity index (χ3n) is 6.67. The molecule has 0 radical (unpaired) electrons. The zero-order chi connectivity index (χ0) is 25.4. The van der Waals surface area contributed by atoms with Crippen molar-refractivity contribution in [2.75, 3.05) is 13.7 Å². The number of nitrogens with one attached hydrogen (secondary N) is 1. The van der Waals surface area contributed by atoms with Gasteiger partial charge in [0.05, 0.1) is 36.9 Å². The van der Waals surface area contributed by atoms with Crippen LogP contribution in [0.2, 0.25) is 0 Å². The SMILES string of the molecule is CCCOC(=O)C1=C(C)NC2=C(C(=O)[C@H](C(=O)OC)[C@H](C)C2)[C@H]1c1coc2ccc(C)cc2c1=O. The predicted molar refractivity (Wildman–Crippen MR) is 128 cm³/mol. The predicted octanol–water partition coefficient (Wildman–Crippen LogP) is 3.67. The molecular formula is C27H29NO7. The molecule has 1 N–H and O–H groups in total. The Morgan fingerprint density at radius 1 is 1.20 bits per heavy atom. The average Bonchev–Trinajstić information content (AvgIpc) is 2.82. The van der Waals surface area contributed by atoms with E-state index in [4.69, 9.17) is 13.9 Å². The topological polar surface area (TPSA) is 112 Å². The molecule has 8 heteroatoms. The Balaban J connectivity index is 1.97. The highest BCUT2D eigenvalue weighted by atomic mass is 16.5. The highest BCUT2D eigenvalue weighted by Gasteiger charge is 2.48. The van der Waals surface area contributed by atoms with Gasteiger partial charge in [0.15, 0.2) is 11.2 Å². The van der Waals surface area contributed by atoms with Gasteiger partial charge in [-0.05, 0) is 44.7 Å². The maximum Gasteiger partial charge on any atom is 0.336 e. The quantitative estimate of drug-likeness (QED) is 0.511. The summed E-state index contributed by atoms with van der Waals surface area (Å²) in [6, 6.07) is 5.26. The molecule has 1 aliphatic heterocycles. The van der Waals surface area contributed by atoms with E-state index >= 15 is 0 Å². The van der Waals surface area contributed by atoms with Crippen LogP contribution in [0, 0.1) is 18.8 Å². The second-order valence-electron chi connectivity index (χ2n) is 9.19. The lowest BCUT2D eigenvalue weighted by atomic mass is 9.69. The van der Waals surface area contributed by atoms with E-state index in [1.54, 1.807) is 26.0 Å². The third kappa shape index (κ3) is 4.17. The van der Waals surface area contributed by atoms with E-state index in [0.29, 0.717) is 35.2 Å². The molecule has 4 rings (SSSR count). The summed E-state index contributed by atoms with van der Waals surface area (Å²) in [4.78, 5) is 53.2. The van der Waals surface area contributed by atoms with Gasteiger partial charge in [0.1, 0.15) is 11.5 Å². The minimum absolute atomic E-state index is 0.145. The Hall–Kier alpha value is -3.68. The number of carbonyl (C=O) groups excluding carboxylic acids is 3. The van der Waals surface area contributed by atoms with Crippen molar-refractivity contribution < 1.29 is 28.3 Å². The second kappa shape index (κ2) is 9.52. The largest absolute Gasteiger partial charge is 0.468 e. The van der Waals surface area contributed by atoms with Crippen molar-refractivity contribution in [3.63, 3.8) is 0 Å². The second-order valence-corrected chi connectivity index (χ2v) is 9.19. The van der Waals surface area contributed by atoms with Crippen molar-refractivity contribution in [1.82, 2.24) is 5.32 Å². The van der Waals surface area contributed by atoms with Crippen molar-refractivity contribution >= 4 is 28.7 Å². The van der Waals surface area contributed by atoms with Gasteiger partial charge in [-0.3, -0.25) is 14.4 Å².